The molecule has 0 heterocycles. The molecule has 0 saturated carbocycles. The molecule has 0 aliphatic carbocycles. The van der Waals surface area contributed by atoms with Crippen molar-refractivity contribution in [1.29, 1.82) is 0 Å². The first kappa shape index (κ1) is 17.6. The maximum atomic E-state index is 12.0. The van der Waals surface area contributed by atoms with Crippen LogP contribution in [0.4, 0.5) is 11.4 Å². The molecule has 0 radical (unpaired) electrons. The lowest BCUT2D eigenvalue weighted by atomic mass is 10.1. The van der Waals surface area contributed by atoms with E-state index < -0.39 is 14.8 Å². The molecule has 0 saturated heterocycles. The molecule has 0 spiro atoms. The molecule has 0 aliphatic rings. The molecule has 0 fully saturated rings. The highest BCUT2D eigenvalue weighted by Crippen LogP contribution is 2.16. The monoisotopic (exact) mass is 348 g/mol. The van der Waals surface area contributed by atoms with E-state index in [1.54, 1.807) is 6.92 Å². The number of rotatable bonds is 6. The van der Waals surface area contributed by atoms with Gasteiger partial charge in [0.2, 0.25) is 5.91 Å². The van der Waals surface area contributed by atoms with Gasteiger partial charge in [-0.3, -0.25) is 14.9 Å². The second kappa shape index (κ2) is 7.22. The average Bonchev–Trinajstić information content (AvgIpc) is 2.55. The van der Waals surface area contributed by atoms with Gasteiger partial charge in [0.25, 0.3) is 5.69 Å². The normalized spacial score (nSPS) is 11.0. The first-order valence-electron chi connectivity index (χ1n) is 7.18. The average molecular weight is 348 g/mol. The third-order valence-corrected chi connectivity index (χ3v) is 5.14. The Hall–Kier alpha value is -2.74. The summed E-state index contributed by atoms with van der Waals surface area (Å²) in [5, 5.41) is 13.2. The Morgan fingerprint density at radius 3 is 2.17 bits per heavy atom. The van der Waals surface area contributed by atoms with Crippen LogP contribution in [0.2, 0.25) is 0 Å². The fraction of sp³-hybridized carbons (Fsp3) is 0.188. The number of hydrogen-bond donors (Lipinski definition) is 1. The first-order chi connectivity index (χ1) is 11.3. The molecule has 0 aromatic heterocycles. The zero-order valence-electron chi connectivity index (χ0n) is 12.9. The summed E-state index contributed by atoms with van der Waals surface area (Å²) in [4.78, 5) is 22.3. The Morgan fingerprint density at radius 2 is 1.67 bits per heavy atom. The number of nitro benzene ring substituents is 1. The number of carbonyl (C=O) groups excluding carboxylic acids is 1. The van der Waals surface area contributed by atoms with Gasteiger partial charge in [-0.1, -0.05) is 19.1 Å². The minimum atomic E-state index is -3.27. The van der Waals surface area contributed by atoms with Gasteiger partial charge in [0.1, 0.15) is 0 Å². The van der Waals surface area contributed by atoms with E-state index in [2.05, 4.69) is 5.32 Å². The molecule has 1 N–H and O–H groups in total. The third kappa shape index (κ3) is 4.39. The lowest BCUT2D eigenvalue weighted by Crippen LogP contribution is -2.14. The van der Waals surface area contributed by atoms with Crippen LogP contribution in [-0.4, -0.2) is 25.0 Å². The lowest BCUT2D eigenvalue weighted by molar-refractivity contribution is -0.384. The van der Waals surface area contributed by atoms with Crippen LogP contribution in [0, 0.1) is 10.1 Å². The minimum absolute atomic E-state index is 0.0127. The Labute approximate surface area is 139 Å². The van der Waals surface area contributed by atoms with Gasteiger partial charge < -0.3 is 5.32 Å². The standard InChI is InChI=1S/C16H16N2O5S/c1-2-24(22,23)15-9-5-13(6-10-15)17-16(19)11-12-3-7-14(8-4-12)18(20)21/h3-10H,2,11H2,1H3,(H,17,19). The summed E-state index contributed by atoms with van der Waals surface area (Å²) in [6, 6.07) is 11.7. The maximum absolute atomic E-state index is 12.0. The highest BCUT2D eigenvalue weighted by atomic mass is 32.2. The summed E-state index contributed by atoms with van der Waals surface area (Å²) in [5.41, 5.74) is 1.09. The SMILES string of the molecule is CCS(=O)(=O)c1ccc(NC(=O)Cc2ccc([N+](=O)[O-])cc2)cc1. The number of nitrogens with one attached hydrogen (secondary N) is 1. The second-order valence-electron chi connectivity index (χ2n) is 5.08. The van der Waals surface area contributed by atoms with E-state index >= 15 is 0 Å². The van der Waals surface area contributed by atoms with Crippen molar-refractivity contribution in [3.8, 4) is 0 Å². The van der Waals surface area contributed by atoms with Gasteiger partial charge in [-0.15, -0.1) is 0 Å². The van der Waals surface area contributed by atoms with E-state index in [9.17, 15) is 23.3 Å². The summed E-state index contributed by atoms with van der Waals surface area (Å²) in [6.45, 7) is 1.56. The quantitative estimate of drug-likeness (QED) is 0.638. The molecule has 24 heavy (non-hydrogen) atoms. The van der Waals surface area contributed by atoms with Crippen molar-refractivity contribution in [2.24, 2.45) is 0 Å². The number of benzene rings is 2. The smallest absolute Gasteiger partial charge is 0.269 e. The number of nitro groups is 1. The molecule has 1 amide bonds. The molecular formula is C16H16N2O5S. The molecule has 0 unspecified atom stereocenters. The van der Waals surface area contributed by atoms with Crippen LogP contribution in [0.1, 0.15) is 12.5 Å². The molecule has 7 nitrogen and oxygen atoms in total. The summed E-state index contributed by atoms with van der Waals surface area (Å²) < 4.78 is 23.4. The van der Waals surface area contributed by atoms with Crippen molar-refractivity contribution in [1.82, 2.24) is 0 Å². The fourth-order valence-corrected chi connectivity index (χ4v) is 2.92. The van der Waals surface area contributed by atoms with Crippen molar-refractivity contribution in [2.45, 2.75) is 18.2 Å². The molecule has 2 rings (SSSR count). The van der Waals surface area contributed by atoms with E-state index in [0.29, 0.717) is 11.3 Å². The Bertz CT molecular complexity index is 843. The molecule has 0 atom stereocenters. The second-order valence-corrected chi connectivity index (χ2v) is 7.35. The molecule has 0 aliphatic heterocycles. The number of anilines is 1. The van der Waals surface area contributed by atoms with Crippen LogP contribution < -0.4 is 5.32 Å². The van der Waals surface area contributed by atoms with Crippen LogP contribution in [0.25, 0.3) is 0 Å². The number of non-ortho nitro benzene ring substituents is 1. The van der Waals surface area contributed by atoms with Crippen LogP contribution in [0.5, 0.6) is 0 Å². The topological polar surface area (TPSA) is 106 Å². The fourth-order valence-electron chi connectivity index (χ4n) is 2.04. The predicted molar refractivity (Wildman–Crippen MR) is 89.6 cm³/mol. The number of carbonyl (C=O) groups is 1. The van der Waals surface area contributed by atoms with Crippen LogP contribution in [-0.2, 0) is 21.1 Å². The Morgan fingerprint density at radius 1 is 1.08 bits per heavy atom. The highest BCUT2D eigenvalue weighted by molar-refractivity contribution is 7.91. The zero-order valence-corrected chi connectivity index (χ0v) is 13.7. The summed E-state index contributed by atoms with van der Waals surface area (Å²) in [6.07, 6.45) is 0.0625. The lowest BCUT2D eigenvalue weighted by Gasteiger charge is -2.07. The largest absolute Gasteiger partial charge is 0.326 e. The minimum Gasteiger partial charge on any atom is -0.326 e. The number of sulfone groups is 1. The summed E-state index contributed by atoms with van der Waals surface area (Å²) in [5.74, 6) is -0.284. The van der Waals surface area contributed by atoms with Crippen LogP contribution in [0.3, 0.4) is 0 Å². The maximum Gasteiger partial charge on any atom is 0.269 e. The van der Waals surface area contributed by atoms with E-state index in [-0.39, 0.29) is 28.7 Å². The molecular weight excluding hydrogens is 332 g/mol. The van der Waals surface area contributed by atoms with E-state index in [0.717, 1.165) is 0 Å². The molecule has 2 aromatic carbocycles. The Balaban J connectivity index is 2.00. The van der Waals surface area contributed by atoms with Crippen molar-refractivity contribution in [3.05, 3.63) is 64.2 Å². The van der Waals surface area contributed by atoms with Crippen molar-refractivity contribution in [3.63, 3.8) is 0 Å². The van der Waals surface area contributed by atoms with Gasteiger partial charge in [0, 0.05) is 17.8 Å². The summed E-state index contributed by atoms with van der Waals surface area (Å²) >= 11 is 0. The predicted octanol–water partition coefficient (Wildman–Crippen LogP) is 2.57. The Kier molecular flexibility index (Phi) is 5.30. The van der Waals surface area contributed by atoms with Crippen molar-refractivity contribution in [2.75, 3.05) is 11.1 Å². The molecule has 0 bridgehead atoms. The number of nitrogens with zero attached hydrogens (tertiary/aromatic N) is 1. The van der Waals surface area contributed by atoms with Crippen molar-refractivity contribution >= 4 is 27.1 Å². The van der Waals surface area contributed by atoms with Gasteiger partial charge in [-0.25, -0.2) is 8.42 Å². The van der Waals surface area contributed by atoms with Gasteiger partial charge >= 0.3 is 0 Å². The van der Waals surface area contributed by atoms with Gasteiger partial charge in [0.15, 0.2) is 9.84 Å². The van der Waals surface area contributed by atoms with Crippen molar-refractivity contribution < 1.29 is 18.1 Å². The van der Waals surface area contributed by atoms with Gasteiger partial charge in [-0.05, 0) is 29.8 Å². The summed E-state index contributed by atoms with van der Waals surface area (Å²) in [7, 11) is -3.27. The van der Waals surface area contributed by atoms with E-state index in [1.807, 2.05) is 0 Å². The molecule has 126 valence electrons. The van der Waals surface area contributed by atoms with E-state index in [1.165, 1.54) is 48.5 Å². The van der Waals surface area contributed by atoms with E-state index in [4.69, 9.17) is 0 Å². The van der Waals surface area contributed by atoms with Crippen LogP contribution in [0.15, 0.2) is 53.4 Å². The zero-order chi connectivity index (χ0) is 17.7. The molecule has 8 heteroatoms. The highest BCUT2D eigenvalue weighted by Gasteiger charge is 2.12. The number of amides is 1. The number of hydrogen-bond acceptors (Lipinski definition) is 5. The van der Waals surface area contributed by atoms with Crippen LogP contribution >= 0.6 is 0 Å². The third-order valence-electron chi connectivity index (χ3n) is 3.39. The first-order valence-corrected chi connectivity index (χ1v) is 8.83. The van der Waals surface area contributed by atoms with Gasteiger partial charge in [0.05, 0.1) is 22.0 Å². The van der Waals surface area contributed by atoms with Gasteiger partial charge in [-0.2, -0.15) is 0 Å². The molecule has 2 aromatic rings.